The average Bonchev–Trinajstić information content (AvgIpc) is 2.81. The maximum Gasteiger partial charge on any atom is 0.266 e. The van der Waals surface area contributed by atoms with Crippen LogP contribution in [-0.4, -0.2) is 42.7 Å². The molecule has 134 valence electrons. The number of nitrogens with zero attached hydrogens (tertiary/aromatic N) is 3. The summed E-state index contributed by atoms with van der Waals surface area (Å²) in [5.41, 5.74) is 3.45. The Morgan fingerprint density at radius 3 is 2.64 bits per heavy atom. The van der Waals surface area contributed by atoms with Crippen molar-refractivity contribution < 1.29 is 4.79 Å². The number of anilines is 1. The molecule has 1 fully saturated rings. The second kappa shape index (κ2) is 6.36. The molecule has 25 heavy (non-hydrogen) atoms. The van der Waals surface area contributed by atoms with E-state index in [9.17, 15) is 4.79 Å². The molecule has 3 rings (SSSR count). The zero-order valence-corrected chi connectivity index (χ0v) is 17.1. The van der Waals surface area contributed by atoms with Crippen LogP contribution in [0.4, 0.5) is 5.69 Å². The molecule has 1 saturated heterocycles. The first-order chi connectivity index (χ1) is 11.7. The smallest absolute Gasteiger partial charge is 0.266 e. The largest absolute Gasteiger partial charge is 0.369 e. The number of carbonyl (C=O) groups excluding carboxylic acids is 1. The number of amides is 1. The van der Waals surface area contributed by atoms with Crippen LogP contribution in [-0.2, 0) is 4.79 Å². The number of halogens is 1. The molecule has 0 saturated carbocycles. The zero-order valence-electron chi connectivity index (χ0n) is 15.6. The Balaban J connectivity index is 2.05. The molecule has 1 unspecified atom stereocenters. The average molecular weight is 378 g/mol. The molecule has 2 aliphatic heterocycles. The van der Waals surface area contributed by atoms with Gasteiger partial charge in [-0.25, -0.2) is 0 Å². The molecule has 0 radical (unpaired) electrons. The highest BCUT2D eigenvalue weighted by Gasteiger charge is 2.35. The first-order valence-electron chi connectivity index (χ1n) is 8.37. The van der Waals surface area contributed by atoms with E-state index in [2.05, 4.69) is 43.8 Å². The number of aliphatic imine (C=N–C) groups is 1. The van der Waals surface area contributed by atoms with Crippen molar-refractivity contribution in [2.24, 2.45) is 4.99 Å². The van der Waals surface area contributed by atoms with E-state index in [1.54, 1.807) is 19.0 Å². The van der Waals surface area contributed by atoms with Crippen molar-refractivity contribution in [1.29, 1.82) is 0 Å². The summed E-state index contributed by atoms with van der Waals surface area (Å²) in [6.07, 6.45) is 2.97. The Labute approximate surface area is 158 Å². The summed E-state index contributed by atoms with van der Waals surface area (Å²) in [5, 5.41) is 1.38. The second-order valence-electron chi connectivity index (χ2n) is 7.39. The molecule has 1 amide bonds. The molecule has 6 heteroatoms. The monoisotopic (exact) mass is 377 g/mol. The van der Waals surface area contributed by atoms with E-state index in [0.717, 1.165) is 12.0 Å². The van der Waals surface area contributed by atoms with E-state index in [1.165, 1.54) is 23.0 Å². The highest BCUT2D eigenvalue weighted by Crippen LogP contribution is 2.45. The molecular weight excluding hydrogens is 354 g/mol. The maximum atomic E-state index is 12.4. The molecule has 0 bridgehead atoms. The number of thioether (sulfide) groups is 1. The first-order valence-corrected chi connectivity index (χ1v) is 9.57. The summed E-state index contributed by atoms with van der Waals surface area (Å²) in [4.78, 5) is 21.1. The van der Waals surface area contributed by atoms with Crippen LogP contribution in [0, 0.1) is 0 Å². The molecule has 1 aromatic carbocycles. The van der Waals surface area contributed by atoms with E-state index in [4.69, 9.17) is 11.6 Å². The highest BCUT2D eigenvalue weighted by molar-refractivity contribution is 8.18. The van der Waals surface area contributed by atoms with Gasteiger partial charge in [0.05, 0.1) is 4.91 Å². The van der Waals surface area contributed by atoms with Gasteiger partial charge in [0.25, 0.3) is 5.91 Å². The number of amidine groups is 1. The van der Waals surface area contributed by atoms with E-state index in [1.807, 2.05) is 12.1 Å². The number of benzene rings is 1. The molecule has 0 spiro atoms. The molecule has 2 aliphatic rings. The molecular formula is C19H24ClN3OS. The minimum Gasteiger partial charge on any atom is -0.369 e. The third-order valence-electron chi connectivity index (χ3n) is 5.23. The van der Waals surface area contributed by atoms with Gasteiger partial charge in [-0.2, -0.15) is 0 Å². The van der Waals surface area contributed by atoms with Crippen LogP contribution < -0.4 is 4.90 Å². The lowest BCUT2D eigenvalue weighted by Crippen LogP contribution is -2.45. The summed E-state index contributed by atoms with van der Waals surface area (Å²) >= 11 is 7.95. The standard InChI is InChI=1S/C19H24ClN3OS/c1-11-10-19(2,3)23(6)15-9-14(20)12(7-13(11)15)8-16-17(24)22(5)18(21-4)25-16/h7-9,11H,10H2,1-6H3/b16-8+,21-18?. The minimum atomic E-state index is -0.0364. The molecule has 0 aliphatic carbocycles. The summed E-state index contributed by atoms with van der Waals surface area (Å²) in [7, 11) is 5.56. The van der Waals surface area contributed by atoms with Gasteiger partial charge >= 0.3 is 0 Å². The molecule has 0 N–H and O–H groups in total. The van der Waals surface area contributed by atoms with Crippen LogP contribution >= 0.6 is 23.4 Å². The van der Waals surface area contributed by atoms with Crippen LogP contribution in [0.3, 0.4) is 0 Å². The lowest BCUT2D eigenvalue weighted by atomic mass is 9.80. The molecule has 0 aromatic heterocycles. The molecule has 2 heterocycles. The third-order valence-corrected chi connectivity index (χ3v) is 6.71. The van der Waals surface area contributed by atoms with Gasteiger partial charge < -0.3 is 4.90 Å². The fourth-order valence-corrected chi connectivity index (χ4v) is 4.74. The van der Waals surface area contributed by atoms with Crippen LogP contribution in [0.1, 0.15) is 44.2 Å². The van der Waals surface area contributed by atoms with E-state index in [0.29, 0.717) is 21.0 Å². The first kappa shape index (κ1) is 18.3. The normalized spacial score (nSPS) is 25.9. The SMILES string of the molecule is CN=C1S/C(=C/c2cc3c(cc2Cl)N(C)C(C)(C)CC3C)C(=O)N1C. The zero-order chi connectivity index (χ0) is 18.5. The van der Waals surface area contributed by atoms with Gasteiger partial charge in [0.15, 0.2) is 5.17 Å². The number of likely N-dealkylation sites (N-methyl/N-ethyl adjacent to an activating group) is 1. The highest BCUT2D eigenvalue weighted by atomic mass is 35.5. The van der Waals surface area contributed by atoms with Crippen molar-refractivity contribution >= 4 is 46.2 Å². The van der Waals surface area contributed by atoms with Crippen molar-refractivity contribution in [1.82, 2.24) is 4.90 Å². The fourth-order valence-electron chi connectivity index (χ4n) is 3.61. The van der Waals surface area contributed by atoms with E-state index < -0.39 is 0 Å². The quantitative estimate of drug-likeness (QED) is 0.671. The summed E-state index contributed by atoms with van der Waals surface area (Å²) < 4.78 is 0. The van der Waals surface area contributed by atoms with Gasteiger partial charge in [0, 0.05) is 37.4 Å². The predicted molar refractivity (Wildman–Crippen MR) is 109 cm³/mol. The van der Waals surface area contributed by atoms with Gasteiger partial charge in [0.2, 0.25) is 0 Å². The second-order valence-corrected chi connectivity index (χ2v) is 8.81. The van der Waals surface area contributed by atoms with E-state index >= 15 is 0 Å². The lowest BCUT2D eigenvalue weighted by molar-refractivity contribution is -0.121. The van der Waals surface area contributed by atoms with Crippen molar-refractivity contribution in [2.45, 2.75) is 38.6 Å². The van der Waals surface area contributed by atoms with Gasteiger partial charge in [-0.15, -0.1) is 0 Å². The van der Waals surface area contributed by atoms with Crippen molar-refractivity contribution in [3.8, 4) is 0 Å². The van der Waals surface area contributed by atoms with Crippen LogP contribution in [0.5, 0.6) is 0 Å². The van der Waals surface area contributed by atoms with Gasteiger partial charge in [-0.1, -0.05) is 18.5 Å². The van der Waals surface area contributed by atoms with Crippen molar-refractivity contribution in [2.75, 3.05) is 26.0 Å². The Morgan fingerprint density at radius 2 is 2.04 bits per heavy atom. The molecule has 1 atom stereocenters. The summed E-state index contributed by atoms with van der Waals surface area (Å²) in [6.45, 7) is 6.76. The fraction of sp³-hybridized carbons (Fsp3) is 0.474. The summed E-state index contributed by atoms with van der Waals surface area (Å²) in [6, 6.07) is 4.17. The Morgan fingerprint density at radius 1 is 1.36 bits per heavy atom. The topological polar surface area (TPSA) is 35.9 Å². The number of carbonyl (C=O) groups is 1. The van der Waals surface area contributed by atoms with Crippen molar-refractivity contribution in [3.05, 3.63) is 33.2 Å². The predicted octanol–water partition coefficient (Wildman–Crippen LogP) is 4.59. The number of hydrogen-bond acceptors (Lipinski definition) is 4. The van der Waals surface area contributed by atoms with Gasteiger partial charge in [-0.3, -0.25) is 14.7 Å². The number of rotatable bonds is 1. The number of hydrogen-bond donors (Lipinski definition) is 0. The number of fused-ring (bicyclic) bond motifs is 1. The molecule has 4 nitrogen and oxygen atoms in total. The lowest BCUT2D eigenvalue weighted by Gasteiger charge is -2.45. The van der Waals surface area contributed by atoms with Gasteiger partial charge in [0.1, 0.15) is 0 Å². The Hall–Kier alpha value is -1.46. The Kier molecular flexibility index (Phi) is 4.67. The van der Waals surface area contributed by atoms with E-state index in [-0.39, 0.29) is 11.4 Å². The van der Waals surface area contributed by atoms with Gasteiger partial charge in [-0.05, 0) is 67.3 Å². The van der Waals surface area contributed by atoms with Crippen molar-refractivity contribution in [3.63, 3.8) is 0 Å². The maximum absolute atomic E-state index is 12.4. The van der Waals surface area contributed by atoms with Crippen LogP contribution in [0.15, 0.2) is 22.0 Å². The Bertz CT molecular complexity index is 800. The van der Waals surface area contributed by atoms with Crippen LogP contribution in [0.25, 0.3) is 6.08 Å². The minimum absolute atomic E-state index is 0.0364. The summed E-state index contributed by atoms with van der Waals surface area (Å²) in [5.74, 6) is 0.406. The molecule has 1 aromatic rings. The van der Waals surface area contributed by atoms with Crippen LogP contribution in [0.2, 0.25) is 5.02 Å². The third kappa shape index (κ3) is 3.08.